The van der Waals surface area contributed by atoms with Crippen LogP contribution in [0.1, 0.15) is 62.2 Å². The van der Waals surface area contributed by atoms with Gasteiger partial charge in [-0.25, -0.2) is 0 Å². The lowest BCUT2D eigenvalue weighted by Gasteiger charge is -2.32. The summed E-state index contributed by atoms with van der Waals surface area (Å²) in [6, 6.07) is 5.41. The smallest absolute Gasteiger partial charge is 0.251 e. The summed E-state index contributed by atoms with van der Waals surface area (Å²) in [5, 5.41) is 6.12. The Balaban J connectivity index is 1.46. The first kappa shape index (κ1) is 22.4. The largest absolute Gasteiger partial charge is 0.489 e. The van der Waals surface area contributed by atoms with E-state index in [0.29, 0.717) is 55.2 Å². The van der Waals surface area contributed by atoms with E-state index in [4.69, 9.17) is 16.3 Å². The Morgan fingerprint density at radius 3 is 2.47 bits per heavy atom. The van der Waals surface area contributed by atoms with Gasteiger partial charge in [-0.3, -0.25) is 14.4 Å². The molecule has 30 heavy (non-hydrogen) atoms. The maximum absolute atomic E-state index is 12.4. The van der Waals surface area contributed by atoms with Gasteiger partial charge in [0.1, 0.15) is 11.9 Å². The predicted octanol–water partition coefficient (Wildman–Crippen LogP) is 2.91. The van der Waals surface area contributed by atoms with Crippen LogP contribution >= 0.6 is 11.6 Å². The van der Waals surface area contributed by atoms with Crippen LogP contribution in [0.2, 0.25) is 5.02 Å². The normalized spacial score (nSPS) is 17.6. The molecule has 2 N–H and O–H groups in total. The highest BCUT2D eigenvalue weighted by Gasteiger charge is 2.25. The molecule has 164 valence electrons. The molecule has 0 bridgehead atoms. The Morgan fingerprint density at radius 2 is 1.83 bits per heavy atom. The lowest BCUT2D eigenvalue weighted by molar-refractivity contribution is -0.132. The zero-order valence-corrected chi connectivity index (χ0v) is 18.2. The second kappa shape index (κ2) is 10.7. The van der Waals surface area contributed by atoms with Crippen LogP contribution in [0, 0.1) is 0 Å². The highest BCUT2D eigenvalue weighted by molar-refractivity contribution is 6.32. The van der Waals surface area contributed by atoms with Gasteiger partial charge in [0.05, 0.1) is 5.02 Å². The van der Waals surface area contributed by atoms with Crippen molar-refractivity contribution in [3.8, 4) is 5.75 Å². The molecule has 1 saturated heterocycles. The van der Waals surface area contributed by atoms with Crippen LogP contribution in [0.4, 0.5) is 0 Å². The van der Waals surface area contributed by atoms with Crippen molar-refractivity contribution in [1.29, 1.82) is 0 Å². The number of amides is 3. The first-order chi connectivity index (χ1) is 14.4. The van der Waals surface area contributed by atoms with Gasteiger partial charge >= 0.3 is 0 Å². The second-order valence-electron chi connectivity index (χ2n) is 8.03. The summed E-state index contributed by atoms with van der Waals surface area (Å²) < 4.78 is 6.04. The third kappa shape index (κ3) is 6.36. The molecule has 0 unspecified atom stereocenters. The summed E-state index contributed by atoms with van der Waals surface area (Å²) in [4.78, 5) is 37.3. The number of ether oxygens (including phenoxy) is 1. The van der Waals surface area contributed by atoms with Gasteiger partial charge in [0, 0.05) is 57.4 Å². The molecule has 0 spiro atoms. The summed E-state index contributed by atoms with van der Waals surface area (Å²) in [5.41, 5.74) is 0.541. The molecule has 1 heterocycles. The molecular weight excluding hydrogens is 406 g/mol. The number of hydrogen-bond donors (Lipinski definition) is 2. The number of rotatable bonds is 7. The zero-order chi connectivity index (χ0) is 21.5. The van der Waals surface area contributed by atoms with E-state index < -0.39 is 0 Å². The number of nitrogens with zero attached hydrogens (tertiary/aromatic N) is 1. The van der Waals surface area contributed by atoms with Gasteiger partial charge in [0.25, 0.3) is 5.91 Å². The number of carbonyl (C=O) groups is 3. The van der Waals surface area contributed by atoms with Crippen molar-refractivity contribution in [3.05, 3.63) is 28.8 Å². The number of halogens is 1. The second-order valence-corrected chi connectivity index (χ2v) is 8.44. The number of carbonyl (C=O) groups excluding carboxylic acids is 3. The van der Waals surface area contributed by atoms with E-state index in [1.165, 1.54) is 6.92 Å². The third-order valence-corrected chi connectivity index (χ3v) is 5.98. The zero-order valence-electron chi connectivity index (χ0n) is 17.4. The molecule has 1 saturated carbocycles. The van der Waals surface area contributed by atoms with E-state index in [2.05, 4.69) is 10.6 Å². The number of piperidine rings is 1. The van der Waals surface area contributed by atoms with E-state index in [9.17, 15) is 14.4 Å². The Hall–Kier alpha value is -2.28. The van der Waals surface area contributed by atoms with Crippen molar-refractivity contribution in [1.82, 2.24) is 15.5 Å². The lowest BCUT2D eigenvalue weighted by Crippen LogP contribution is -2.42. The van der Waals surface area contributed by atoms with Gasteiger partial charge in [-0.15, -0.1) is 0 Å². The molecule has 7 nitrogen and oxygen atoms in total. The molecule has 8 heteroatoms. The van der Waals surface area contributed by atoms with E-state index in [0.717, 1.165) is 25.7 Å². The molecule has 3 amide bonds. The summed E-state index contributed by atoms with van der Waals surface area (Å²) >= 11 is 6.37. The van der Waals surface area contributed by atoms with Crippen LogP contribution in [0.25, 0.3) is 0 Å². The molecule has 1 aromatic rings. The van der Waals surface area contributed by atoms with Crippen LogP contribution in [-0.4, -0.2) is 54.4 Å². The maximum atomic E-state index is 12.4. The fourth-order valence-corrected chi connectivity index (χ4v) is 4.21. The van der Waals surface area contributed by atoms with Gasteiger partial charge in [-0.05, 0) is 31.0 Å². The van der Waals surface area contributed by atoms with Gasteiger partial charge in [0.2, 0.25) is 11.8 Å². The monoisotopic (exact) mass is 435 g/mol. The number of hydrogen-bond acceptors (Lipinski definition) is 4. The molecule has 1 aliphatic carbocycles. The minimum absolute atomic E-state index is 0.0277. The van der Waals surface area contributed by atoms with Crippen LogP contribution < -0.4 is 15.4 Å². The summed E-state index contributed by atoms with van der Waals surface area (Å²) in [5.74, 6) is 0.373. The van der Waals surface area contributed by atoms with Crippen LogP contribution in [0.3, 0.4) is 0 Å². The van der Waals surface area contributed by atoms with E-state index in [1.807, 2.05) is 0 Å². The molecule has 1 aromatic carbocycles. The molecule has 3 rings (SSSR count). The minimum atomic E-state index is -0.131. The first-order valence-corrected chi connectivity index (χ1v) is 11.1. The van der Waals surface area contributed by atoms with E-state index >= 15 is 0 Å². The van der Waals surface area contributed by atoms with Crippen LogP contribution in [0.15, 0.2) is 18.2 Å². The van der Waals surface area contributed by atoms with Gasteiger partial charge < -0.3 is 20.3 Å². The Labute approximate surface area is 182 Å². The van der Waals surface area contributed by atoms with E-state index in [1.54, 1.807) is 23.1 Å². The average molecular weight is 436 g/mol. The summed E-state index contributed by atoms with van der Waals surface area (Å²) in [6.07, 6.45) is 6.11. The third-order valence-electron chi connectivity index (χ3n) is 5.69. The fourth-order valence-electron chi connectivity index (χ4n) is 3.98. The highest BCUT2D eigenvalue weighted by atomic mass is 35.5. The lowest BCUT2D eigenvalue weighted by atomic mass is 10.1. The molecule has 1 aliphatic heterocycles. The van der Waals surface area contributed by atoms with Crippen molar-refractivity contribution < 1.29 is 19.1 Å². The molecular formula is C22H30ClN3O4. The molecule has 0 aromatic heterocycles. The minimum Gasteiger partial charge on any atom is -0.489 e. The van der Waals surface area contributed by atoms with Crippen molar-refractivity contribution in [2.45, 2.75) is 64.0 Å². The van der Waals surface area contributed by atoms with Crippen LogP contribution in [-0.2, 0) is 9.59 Å². The van der Waals surface area contributed by atoms with Crippen molar-refractivity contribution >= 4 is 29.3 Å². The topological polar surface area (TPSA) is 87.7 Å². The summed E-state index contributed by atoms with van der Waals surface area (Å²) in [7, 11) is 0. The number of likely N-dealkylation sites (tertiary alicyclic amines) is 1. The van der Waals surface area contributed by atoms with Gasteiger partial charge in [-0.1, -0.05) is 24.4 Å². The molecule has 0 atom stereocenters. The quantitative estimate of drug-likeness (QED) is 0.689. The van der Waals surface area contributed by atoms with Crippen molar-refractivity contribution in [2.75, 3.05) is 19.6 Å². The van der Waals surface area contributed by atoms with Crippen molar-refractivity contribution in [3.63, 3.8) is 0 Å². The van der Waals surface area contributed by atoms with Crippen molar-refractivity contribution in [2.24, 2.45) is 0 Å². The SMILES string of the molecule is CC(=O)NCCC(=O)N1CCC(Oc2ccc(C(=O)NC3CCCC3)cc2Cl)CC1. The van der Waals surface area contributed by atoms with Crippen LogP contribution in [0.5, 0.6) is 5.75 Å². The average Bonchev–Trinajstić information content (AvgIpc) is 3.22. The fraction of sp³-hybridized carbons (Fsp3) is 0.591. The number of benzene rings is 1. The van der Waals surface area contributed by atoms with E-state index in [-0.39, 0.29) is 29.9 Å². The standard InChI is InChI=1S/C22H30ClN3O4/c1-15(27)24-11-8-21(28)26-12-9-18(10-13-26)30-20-7-6-16(14-19(20)23)22(29)25-17-4-2-3-5-17/h6-7,14,17-18H,2-5,8-13H2,1H3,(H,24,27)(H,25,29). The van der Waals surface area contributed by atoms with Gasteiger partial charge in [0.15, 0.2) is 0 Å². The predicted molar refractivity (Wildman–Crippen MR) is 115 cm³/mol. The molecule has 2 fully saturated rings. The maximum Gasteiger partial charge on any atom is 0.251 e. The van der Waals surface area contributed by atoms with Gasteiger partial charge in [-0.2, -0.15) is 0 Å². The Bertz CT molecular complexity index is 772. The number of nitrogens with one attached hydrogen (secondary N) is 2. The Morgan fingerprint density at radius 1 is 1.13 bits per heavy atom. The highest BCUT2D eigenvalue weighted by Crippen LogP contribution is 2.29. The molecule has 2 aliphatic rings. The molecule has 0 radical (unpaired) electrons. The Kier molecular flexibility index (Phi) is 7.96. The summed E-state index contributed by atoms with van der Waals surface area (Å²) in [6.45, 7) is 3.03. The first-order valence-electron chi connectivity index (χ1n) is 10.7.